The summed E-state index contributed by atoms with van der Waals surface area (Å²) in [6, 6.07) is 8.31. The molecule has 1 unspecified atom stereocenters. The molecule has 0 bridgehead atoms. The molecule has 2 saturated heterocycles. The van der Waals surface area contributed by atoms with Crippen molar-refractivity contribution in [1.82, 2.24) is 9.80 Å². The van der Waals surface area contributed by atoms with Crippen LogP contribution in [0.4, 0.5) is 5.69 Å². The van der Waals surface area contributed by atoms with Gasteiger partial charge in [-0.2, -0.15) is 0 Å². The number of hydrogen-bond acceptors (Lipinski definition) is 3. The third kappa shape index (κ3) is 4.82. The van der Waals surface area contributed by atoms with Crippen LogP contribution in [0.3, 0.4) is 0 Å². The van der Waals surface area contributed by atoms with Gasteiger partial charge in [-0.3, -0.25) is 0 Å². The zero-order valence-electron chi connectivity index (χ0n) is 14.2. The summed E-state index contributed by atoms with van der Waals surface area (Å²) in [7, 11) is 2.23. The molecule has 2 heterocycles. The molecule has 2 aliphatic rings. The molecular weight excluding hydrogens is 342 g/mol. The summed E-state index contributed by atoms with van der Waals surface area (Å²) < 4.78 is 5.76. The van der Waals surface area contributed by atoms with Crippen molar-refractivity contribution < 1.29 is 4.74 Å². The summed E-state index contributed by atoms with van der Waals surface area (Å²) in [6.07, 6.45) is 5.12. The first-order valence-corrected chi connectivity index (χ1v) is 9.54. The second kappa shape index (κ2) is 8.48. The molecule has 2 fully saturated rings. The van der Waals surface area contributed by atoms with Gasteiger partial charge in [0.1, 0.15) is 0 Å². The van der Waals surface area contributed by atoms with Crippen molar-refractivity contribution in [1.29, 1.82) is 0 Å². The van der Waals surface area contributed by atoms with Gasteiger partial charge in [-0.05, 0) is 63.1 Å². The number of likely N-dealkylation sites (N-methyl/N-ethyl adjacent to an activating group) is 1. The third-order valence-corrected chi connectivity index (χ3v) is 5.56. The average molecular weight is 368 g/mol. The first-order chi connectivity index (χ1) is 11.6. The van der Waals surface area contributed by atoms with E-state index in [0.29, 0.717) is 12.1 Å². The fourth-order valence-corrected chi connectivity index (χ4v) is 4.03. The van der Waals surface area contributed by atoms with Gasteiger partial charge in [-0.1, -0.05) is 17.7 Å². The number of ether oxygens (including phenoxy) is 1. The summed E-state index contributed by atoms with van der Waals surface area (Å²) >= 11 is 11.6. The molecule has 0 saturated carbocycles. The zero-order valence-corrected chi connectivity index (χ0v) is 15.8. The van der Waals surface area contributed by atoms with E-state index in [-0.39, 0.29) is 0 Å². The molecule has 0 spiro atoms. The van der Waals surface area contributed by atoms with E-state index in [4.69, 9.17) is 28.6 Å². The number of rotatable bonds is 4. The molecule has 3 rings (SSSR count). The van der Waals surface area contributed by atoms with Crippen LogP contribution in [0.15, 0.2) is 24.3 Å². The van der Waals surface area contributed by atoms with Crippen molar-refractivity contribution in [2.24, 2.45) is 0 Å². The van der Waals surface area contributed by atoms with Crippen LogP contribution in [0.5, 0.6) is 0 Å². The number of piperidine rings is 1. The number of likely N-dealkylation sites (tertiary alicyclic amines) is 1. The standard InChI is InChI=1S/C18H26ClN3OS/c1-21(13-17-6-3-11-23-17)16-7-9-22(10-8-16)18(24)20-15-5-2-4-14(19)12-15/h2,4-5,12,16-17H,3,6-11,13H2,1H3,(H,20,24). The van der Waals surface area contributed by atoms with E-state index < -0.39 is 0 Å². The Bertz CT molecular complexity index is 557. The van der Waals surface area contributed by atoms with Crippen LogP contribution in [-0.2, 0) is 4.74 Å². The van der Waals surface area contributed by atoms with Gasteiger partial charge in [-0.25, -0.2) is 0 Å². The number of hydrogen-bond donors (Lipinski definition) is 1. The second-order valence-corrected chi connectivity index (χ2v) is 7.56. The molecule has 2 aliphatic heterocycles. The van der Waals surface area contributed by atoms with Gasteiger partial charge in [-0.15, -0.1) is 0 Å². The highest BCUT2D eigenvalue weighted by atomic mass is 35.5. The minimum absolute atomic E-state index is 0.429. The largest absolute Gasteiger partial charge is 0.377 e. The van der Waals surface area contributed by atoms with Crippen LogP contribution in [0.1, 0.15) is 25.7 Å². The maximum Gasteiger partial charge on any atom is 0.173 e. The number of benzene rings is 1. The molecule has 6 heteroatoms. The maximum atomic E-state index is 6.03. The lowest BCUT2D eigenvalue weighted by Gasteiger charge is -2.38. The van der Waals surface area contributed by atoms with Gasteiger partial charge in [0.15, 0.2) is 5.11 Å². The number of nitrogens with zero attached hydrogens (tertiary/aromatic N) is 2. The van der Waals surface area contributed by atoms with Crippen LogP contribution in [0.2, 0.25) is 5.02 Å². The summed E-state index contributed by atoms with van der Waals surface area (Å²) in [5.41, 5.74) is 0.949. The molecule has 0 radical (unpaired) electrons. The van der Waals surface area contributed by atoms with Crippen molar-refractivity contribution in [2.45, 2.75) is 37.8 Å². The summed E-state index contributed by atoms with van der Waals surface area (Å²) in [4.78, 5) is 4.73. The van der Waals surface area contributed by atoms with E-state index in [0.717, 1.165) is 54.9 Å². The monoisotopic (exact) mass is 367 g/mol. The fourth-order valence-electron chi connectivity index (χ4n) is 3.54. The van der Waals surface area contributed by atoms with Crippen molar-refractivity contribution in [3.05, 3.63) is 29.3 Å². The quantitative estimate of drug-likeness (QED) is 0.820. The molecule has 0 aliphatic carbocycles. The Morgan fingerprint density at radius 3 is 2.83 bits per heavy atom. The highest BCUT2D eigenvalue weighted by Crippen LogP contribution is 2.21. The van der Waals surface area contributed by atoms with E-state index in [1.165, 1.54) is 12.8 Å². The van der Waals surface area contributed by atoms with Crippen molar-refractivity contribution in [2.75, 3.05) is 38.6 Å². The molecule has 4 nitrogen and oxygen atoms in total. The average Bonchev–Trinajstić information content (AvgIpc) is 3.08. The van der Waals surface area contributed by atoms with E-state index in [1.807, 2.05) is 24.3 Å². The van der Waals surface area contributed by atoms with E-state index in [1.54, 1.807) is 0 Å². The minimum Gasteiger partial charge on any atom is -0.377 e. The normalized spacial score (nSPS) is 22.1. The summed E-state index contributed by atoms with van der Waals surface area (Å²) in [5.74, 6) is 0. The SMILES string of the molecule is CN(CC1CCCO1)C1CCN(C(=S)Nc2cccc(Cl)c2)CC1. The summed E-state index contributed by atoms with van der Waals surface area (Å²) in [6.45, 7) is 3.97. The van der Waals surface area contributed by atoms with Crippen LogP contribution < -0.4 is 5.32 Å². The summed E-state index contributed by atoms with van der Waals surface area (Å²) in [5, 5.41) is 4.80. The zero-order chi connectivity index (χ0) is 16.9. The predicted molar refractivity (Wildman–Crippen MR) is 104 cm³/mol. The topological polar surface area (TPSA) is 27.7 Å². The Hall–Kier alpha value is -0.880. The lowest BCUT2D eigenvalue weighted by molar-refractivity contribution is 0.0576. The Labute approximate surface area is 155 Å². The van der Waals surface area contributed by atoms with Crippen LogP contribution in [-0.4, -0.2) is 60.3 Å². The van der Waals surface area contributed by atoms with E-state index in [2.05, 4.69) is 22.2 Å². The van der Waals surface area contributed by atoms with E-state index >= 15 is 0 Å². The van der Waals surface area contributed by atoms with Gasteiger partial charge >= 0.3 is 0 Å². The van der Waals surface area contributed by atoms with Gasteiger partial charge in [0.05, 0.1) is 6.10 Å². The highest BCUT2D eigenvalue weighted by molar-refractivity contribution is 7.80. The number of thiocarbonyl (C=S) groups is 1. The first kappa shape index (κ1) is 17.9. The minimum atomic E-state index is 0.429. The maximum absolute atomic E-state index is 6.03. The lowest BCUT2D eigenvalue weighted by Crippen LogP contribution is -2.48. The highest BCUT2D eigenvalue weighted by Gasteiger charge is 2.26. The Kier molecular flexibility index (Phi) is 6.33. The van der Waals surface area contributed by atoms with Gasteiger partial charge in [0, 0.05) is 43.0 Å². The second-order valence-electron chi connectivity index (χ2n) is 6.73. The van der Waals surface area contributed by atoms with Gasteiger partial charge < -0.3 is 19.9 Å². The number of nitrogens with one attached hydrogen (secondary N) is 1. The Morgan fingerprint density at radius 1 is 1.38 bits per heavy atom. The Morgan fingerprint density at radius 2 is 2.17 bits per heavy atom. The van der Waals surface area contributed by atoms with Crippen molar-refractivity contribution in [3.8, 4) is 0 Å². The molecular formula is C18H26ClN3OS. The molecule has 0 aromatic heterocycles. The molecule has 0 amide bonds. The van der Waals surface area contributed by atoms with Gasteiger partial charge in [0.25, 0.3) is 0 Å². The van der Waals surface area contributed by atoms with Crippen LogP contribution >= 0.6 is 23.8 Å². The predicted octanol–water partition coefficient (Wildman–Crippen LogP) is 3.61. The molecule has 132 valence electrons. The molecule has 1 N–H and O–H groups in total. The number of halogens is 1. The Balaban J connectivity index is 1.44. The molecule has 1 atom stereocenters. The number of anilines is 1. The molecule has 1 aromatic carbocycles. The smallest absolute Gasteiger partial charge is 0.173 e. The fraction of sp³-hybridized carbons (Fsp3) is 0.611. The van der Waals surface area contributed by atoms with Crippen molar-refractivity contribution in [3.63, 3.8) is 0 Å². The van der Waals surface area contributed by atoms with Crippen molar-refractivity contribution >= 4 is 34.6 Å². The van der Waals surface area contributed by atoms with Crippen LogP contribution in [0.25, 0.3) is 0 Å². The molecule has 24 heavy (non-hydrogen) atoms. The lowest BCUT2D eigenvalue weighted by atomic mass is 10.0. The van der Waals surface area contributed by atoms with Crippen LogP contribution in [0, 0.1) is 0 Å². The van der Waals surface area contributed by atoms with Gasteiger partial charge in [0.2, 0.25) is 0 Å². The van der Waals surface area contributed by atoms with E-state index in [9.17, 15) is 0 Å². The first-order valence-electron chi connectivity index (χ1n) is 8.75. The molecule has 1 aromatic rings. The third-order valence-electron chi connectivity index (χ3n) is 4.97.